The first-order chi connectivity index (χ1) is 9.86. The highest BCUT2D eigenvalue weighted by Crippen LogP contribution is 2.33. The molecule has 0 fully saturated rings. The van der Waals surface area contributed by atoms with Gasteiger partial charge in [0.05, 0.1) is 6.04 Å². The monoisotopic (exact) mass is 317 g/mol. The summed E-state index contributed by atoms with van der Waals surface area (Å²) in [5.41, 5.74) is 0.0113. The van der Waals surface area contributed by atoms with Crippen LogP contribution < -0.4 is 5.32 Å². The maximum atomic E-state index is 14.2. The fraction of sp³-hybridized carbons (Fsp3) is 0.200. The molecule has 2 rings (SSSR count). The van der Waals surface area contributed by atoms with Crippen LogP contribution in [0, 0.1) is 30.2 Å². The Morgan fingerprint density at radius 1 is 1.00 bits per heavy atom. The van der Waals surface area contributed by atoms with Gasteiger partial charge in [0.15, 0.2) is 11.6 Å². The van der Waals surface area contributed by atoms with Crippen molar-refractivity contribution in [3.63, 3.8) is 0 Å². The van der Waals surface area contributed by atoms with Gasteiger partial charge in [0.1, 0.15) is 11.6 Å². The number of rotatable bonds is 3. The van der Waals surface area contributed by atoms with Crippen LogP contribution in [-0.4, -0.2) is 7.05 Å². The SMILES string of the molecule is CNC(c1cc(F)c(F)cc1Cl)c1c(F)ccc(C)c1F. The number of aryl methyl sites for hydroxylation is 1. The van der Waals surface area contributed by atoms with Crippen LogP contribution in [0.15, 0.2) is 24.3 Å². The highest BCUT2D eigenvalue weighted by atomic mass is 35.5. The molecule has 0 radical (unpaired) electrons. The van der Waals surface area contributed by atoms with Crippen LogP contribution in [0.25, 0.3) is 0 Å². The van der Waals surface area contributed by atoms with E-state index in [-0.39, 0.29) is 21.7 Å². The van der Waals surface area contributed by atoms with Gasteiger partial charge >= 0.3 is 0 Å². The van der Waals surface area contributed by atoms with E-state index in [1.54, 1.807) is 0 Å². The average molecular weight is 318 g/mol. The second-order valence-corrected chi connectivity index (χ2v) is 5.01. The molecule has 2 aromatic rings. The number of hydrogen-bond donors (Lipinski definition) is 1. The maximum absolute atomic E-state index is 14.2. The lowest BCUT2D eigenvalue weighted by molar-refractivity contribution is 0.497. The minimum absolute atomic E-state index is 0.0569. The third-order valence-corrected chi connectivity index (χ3v) is 3.57. The molecule has 112 valence electrons. The zero-order valence-electron chi connectivity index (χ0n) is 11.3. The third-order valence-electron chi connectivity index (χ3n) is 3.25. The van der Waals surface area contributed by atoms with E-state index >= 15 is 0 Å². The summed E-state index contributed by atoms with van der Waals surface area (Å²) in [4.78, 5) is 0. The summed E-state index contributed by atoms with van der Waals surface area (Å²) >= 11 is 5.88. The van der Waals surface area contributed by atoms with Gasteiger partial charge < -0.3 is 5.32 Å². The molecule has 0 aliphatic heterocycles. The van der Waals surface area contributed by atoms with Crippen molar-refractivity contribution in [2.45, 2.75) is 13.0 Å². The summed E-state index contributed by atoms with van der Waals surface area (Å²) in [6.07, 6.45) is 0. The van der Waals surface area contributed by atoms with Crippen LogP contribution in [-0.2, 0) is 0 Å². The normalized spacial score (nSPS) is 12.5. The standard InChI is InChI=1S/C15H12ClF4N/c1-7-3-4-10(17)13(14(7)20)15(21-2)8-5-11(18)12(19)6-9(8)16/h3-6,15,21H,1-2H3. The number of nitrogens with one attached hydrogen (secondary N) is 1. The van der Waals surface area contributed by atoms with Crippen molar-refractivity contribution in [3.8, 4) is 0 Å². The lowest BCUT2D eigenvalue weighted by atomic mass is 9.96. The van der Waals surface area contributed by atoms with Gasteiger partial charge in [-0.2, -0.15) is 0 Å². The van der Waals surface area contributed by atoms with Crippen molar-refractivity contribution in [1.82, 2.24) is 5.32 Å². The molecule has 1 N–H and O–H groups in total. The van der Waals surface area contributed by atoms with E-state index in [1.807, 2.05) is 0 Å². The molecule has 6 heteroatoms. The first-order valence-electron chi connectivity index (χ1n) is 6.13. The minimum Gasteiger partial charge on any atom is -0.309 e. The first-order valence-corrected chi connectivity index (χ1v) is 6.50. The fourth-order valence-corrected chi connectivity index (χ4v) is 2.42. The molecular weight excluding hydrogens is 306 g/mol. The lowest BCUT2D eigenvalue weighted by Crippen LogP contribution is -2.21. The van der Waals surface area contributed by atoms with Crippen LogP contribution in [0.2, 0.25) is 5.02 Å². The Hall–Kier alpha value is -1.59. The molecule has 21 heavy (non-hydrogen) atoms. The predicted molar refractivity (Wildman–Crippen MR) is 73.4 cm³/mol. The average Bonchev–Trinajstić information content (AvgIpc) is 2.44. The molecule has 0 spiro atoms. The predicted octanol–water partition coefficient (Wildman–Crippen LogP) is 4.51. The molecule has 0 amide bonds. The summed E-state index contributed by atoms with van der Waals surface area (Å²) < 4.78 is 54.7. The highest BCUT2D eigenvalue weighted by molar-refractivity contribution is 6.31. The Labute approximate surface area is 124 Å². The zero-order valence-corrected chi connectivity index (χ0v) is 12.0. The van der Waals surface area contributed by atoms with Crippen molar-refractivity contribution in [3.05, 3.63) is 69.2 Å². The van der Waals surface area contributed by atoms with Gasteiger partial charge in [0.2, 0.25) is 0 Å². The van der Waals surface area contributed by atoms with Crippen LogP contribution in [0.3, 0.4) is 0 Å². The van der Waals surface area contributed by atoms with E-state index in [0.717, 1.165) is 18.2 Å². The van der Waals surface area contributed by atoms with Gasteiger partial charge in [0.25, 0.3) is 0 Å². The number of hydrogen-bond acceptors (Lipinski definition) is 1. The van der Waals surface area contributed by atoms with Crippen molar-refractivity contribution in [2.24, 2.45) is 0 Å². The molecule has 0 aliphatic rings. The molecule has 0 saturated heterocycles. The topological polar surface area (TPSA) is 12.0 Å². The van der Waals surface area contributed by atoms with Crippen molar-refractivity contribution in [2.75, 3.05) is 7.05 Å². The molecule has 1 unspecified atom stereocenters. The lowest BCUT2D eigenvalue weighted by Gasteiger charge is -2.21. The molecule has 1 nitrogen and oxygen atoms in total. The van der Waals surface area contributed by atoms with Crippen LogP contribution >= 0.6 is 11.6 Å². The molecule has 0 bridgehead atoms. The van der Waals surface area contributed by atoms with Gasteiger partial charge in [-0.3, -0.25) is 0 Å². The molecular formula is C15H12ClF4N. The van der Waals surface area contributed by atoms with E-state index in [9.17, 15) is 17.6 Å². The smallest absolute Gasteiger partial charge is 0.160 e. The molecule has 0 aromatic heterocycles. The van der Waals surface area contributed by atoms with E-state index in [2.05, 4.69) is 5.32 Å². The Bertz CT molecular complexity index is 688. The quantitative estimate of drug-likeness (QED) is 0.648. The van der Waals surface area contributed by atoms with E-state index < -0.39 is 29.3 Å². The zero-order chi connectivity index (χ0) is 15.7. The summed E-state index contributed by atoms with van der Waals surface area (Å²) in [6, 6.07) is 2.99. The van der Waals surface area contributed by atoms with Crippen molar-refractivity contribution >= 4 is 11.6 Å². The van der Waals surface area contributed by atoms with Crippen LogP contribution in [0.4, 0.5) is 17.6 Å². The molecule has 0 aliphatic carbocycles. The van der Waals surface area contributed by atoms with E-state index in [4.69, 9.17) is 11.6 Å². The van der Waals surface area contributed by atoms with Gasteiger partial charge in [-0.1, -0.05) is 17.7 Å². The van der Waals surface area contributed by atoms with Crippen LogP contribution in [0.5, 0.6) is 0 Å². The van der Waals surface area contributed by atoms with E-state index in [1.165, 1.54) is 20.0 Å². The Morgan fingerprint density at radius 3 is 2.24 bits per heavy atom. The second kappa shape index (κ2) is 6.03. The molecule has 0 saturated carbocycles. The Morgan fingerprint density at radius 2 is 1.62 bits per heavy atom. The Kier molecular flexibility index (Phi) is 4.54. The van der Waals surface area contributed by atoms with E-state index in [0.29, 0.717) is 0 Å². The summed E-state index contributed by atoms with van der Waals surface area (Å²) in [7, 11) is 1.45. The van der Waals surface area contributed by atoms with Crippen LogP contribution in [0.1, 0.15) is 22.7 Å². The van der Waals surface area contributed by atoms with Gasteiger partial charge in [0, 0.05) is 10.6 Å². The molecule has 1 atom stereocenters. The minimum atomic E-state index is -1.14. The second-order valence-electron chi connectivity index (χ2n) is 4.60. The summed E-state index contributed by atoms with van der Waals surface area (Å²) in [5.74, 6) is -3.81. The number of halogens is 5. The maximum Gasteiger partial charge on any atom is 0.160 e. The largest absolute Gasteiger partial charge is 0.309 e. The van der Waals surface area contributed by atoms with Crippen molar-refractivity contribution < 1.29 is 17.6 Å². The third kappa shape index (κ3) is 2.89. The summed E-state index contributed by atoms with van der Waals surface area (Å²) in [6.45, 7) is 1.48. The number of benzene rings is 2. The molecule has 2 aromatic carbocycles. The van der Waals surface area contributed by atoms with Gasteiger partial charge in [-0.05, 0) is 43.3 Å². The van der Waals surface area contributed by atoms with Gasteiger partial charge in [-0.25, -0.2) is 17.6 Å². The first kappa shape index (κ1) is 15.8. The molecule has 0 heterocycles. The Balaban J connectivity index is 2.66. The fourth-order valence-electron chi connectivity index (χ4n) is 2.16. The highest BCUT2D eigenvalue weighted by Gasteiger charge is 2.25. The summed E-state index contributed by atoms with van der Waals surface area (Å²) in [5, 5.41) is 2.56. The van der Waals surface area contributed by atoms with Gasteiger partial charge in [-0.15, -0.1) is 0 Å². The van der Waals surface area contributed by atoms with Crippen molar-refractivity contribution in [1.29, 1.82) is 0 Å².